The predicted molar refractivity (Wildman–Crippen MR) is 118 cm³/mol. The van der Waals surface area contributed by atoms with Crippen LogP contribution in [0.25, 0.3) is 0 Å². The van der Waals surface area contributed by atoms with Crippen LogP contribution >= 0.6 is 31.9 Å². The van der Waals surface area contributed by atoms with Gasteiger partial charge in [0, 0.05) is 22.3 Å². The lowest BCUT2D eigenvalue weighted by atomic mass is 10.1. The van der Waals surface area contributed by atoms with E-state index in [4.69, 9.17) is 9.84 Å². The Morgan fingerprint density at radius 1 is 1.07 bits per heavy atom. The van der Waals surface area contributed by atoms with Crippen LogP contribution in [0.4, 0.5) is 5.69 Å². The zero-order valence-corrected chi connectivity index (χ0v) is 18.4. The Kier molecular flexibility index (Phi) is 6.75. The van der Waals surface area contributed by atoms with Crippen LogP contribution in [0.2, 0.25) is 0 Å². The van der Waals surface area contributed by atoms with Gasteiger partial charge in [0.2, 0.25) is 0 Å². The number of rotatable bonds is 7. The Labute approximate surface area is 180 Å². The average Bonchev–Trinajstić information content (AvgIpc) is 2.67. The number of halogens is 2. The Balaban J connectivity index is 1.77. The minimum Gasteiger partial charge on any atom is -0.487 e. The van der Waals surface area contributed by atoms with Crippen LogP contribution in [-0.2, 0) is 13.2 Å². The SMILES string of the molecule is Cc1ccc(COc2c(Br)cc(Br)cc2CNc2cccc(C(=O)O)c2)cc1. The van der Waals surface area contributed by atoms with Gasteiger partial charge in [-0.25, -0.2) is 4.79 Å². The number of carboxylic acid groups (broad SMARTS) is 1. The first kappa shape index (κ1) is 20.4. The number of aromatic carboxylic acids is 1. The summed E-state index contributed by atoms with van der Waals surface area (Å²) in [6.07, 6.45) is 0. The number of nitrogens with one attached hydrogen (secondary N) is 1. The van der Waals surface area contributed by atoms with Crippen molar-refractivity contribution in [2.75, 3.05) is 5.32 Å². The third-order valence-electron chi connectivity index (χ3n) is 4.18. The lowest BCUT2D eigenvalue weighted by Crippen LogP contribution is -2.05. The standard InChI is InChI=1S/C22H19Br2NO3/c1-14-5-7-15(8-6-14)13-28-21-17(9-18(23)11-20(21)24)12-25-19-4-2-3-16(10-19)22(26)27/h2-11,25H,12-13H2,1H3,(H,26,27). The molecule has 0 aliphatic heterocycles. The molecule has 0 radical (unpaired) electrons. The predicted octanol–water partition coefficient (Wildman–Crippen LogP) is 6.41. The van der Waals surface area contributed by atoms with Gasteiger partial charge in [-0.1, -0.05) is 51.8 Å². The summed E-state index contributed by atoms with van der Waals surface area (Å²) >= 11 is 7.10. The van der Waals surface area contributed by atoms with E-state index in [1.54, 1.807) is 18.2 Å². The molecule has 3 aromatic carbocycles. The quantitative estimate of drug-likeness (QED) is 0.390. The van der Waals surface area contributed by atoms with E-state index in [9.17, 15) is 4.79 Å². The van der Waals surface area contributed by atoms with Crippen LogP contribution in [0.3, 0.4) is 0 Å². The molecule has 3 aromatic rings. The van der Waals surface area contributed by atoms with Crippen molar-refractivity contribution in [3.63, 3.8) is 0 Å². The van der Waals surface area contributed by atoms with E-state index in [0.717, 1.165) is 31.5 Å². The summed E-state index contributed by atoms with van der Waals surface area (Å²) in [4.78, 5) is 11.2. The highest BCUT2D eigenvalue weighted by molar-refractivity contribution is 9.11. The molecule has 0 unspecified atom stereocenters. The zero-order valence-electron chi connectivity index (χ0n) is 15.2. The maximum atomic E-state index is 11.2. The van der Waals surface area contributed by atoms with E-state index in [2.05, 4.69) is 68.4 Å². The largest absolute Gasteiger partial charge is 0.487 e. The summed E-state index contributed by atoms with van der Waals surface area (Å²) in [6, 6.07) is 18.9. The Morgan fingerprint density at radius 3 is 2.54 bits per heavy atom. The third kappa shape index (κ3) is 5.36. The van der Waals surface area contributed by atoms with Crippen LogP contribution in [0.15, 0.2) is 69.6 Å². The van der Waals surface area contributed by atoms with Gasteiger partial charge in [0.1, 0.15) is 12.4 Å². The lowest BCUT2D eigenvalue weighted by Gasteiger charge is -2.16. The van der Waals surface area contributed by atoms with Gasteiger partial charge < -0.3 is 15.2 Å². The summed E-state index contributed by atoms with van der Waals surface area (Å²) in [7, 11) is 0. The van der Waals surface area contributed by atoms with E-state index in [1.807, 2.05) is 18.2 Å². The molecular formula is C22H19Br2NO3. The van der Waals surface area contributed by atoms with E-state index in [1.165, 1.54) is 5.56 Å². The van der Waals surface area contributed by atoms with Gasteiger partial charge in [0.05, 0.1) is 10.0 Å². The molecule has 0 spiro atoms. The fourth-order valence-corrected chi connectivity index (χ4v) is 4.13. The number of benzene rings is 3. The number of hydrogen-bond acceptors (Lipinski definition) is 3. The number of anilines is 1. The second-order valence-electron chi connectivity index (χ2n) is 6.39. The van der Waals surface area contributed by atoms with Crippen molar-refractivity contribution in [3.8, 4) is 5.75 Å². The van der Waals surface area contributed by atoms with Crippen LogP contribution in [0.1, 0.15) is 27.0 Å². The van der Waals surface area contributed by atoms with Crippen molar-refractivity contribution < 1.29 is 14.6 Å². The fourth-order valence-electron chi connectivity index (χ4n) is 2.71. The summed E-state index contributed by atoms with van der Waals surface area (Å²) in [5, 5.41) is 12.4. The minimum atomic E-state index is -0.948. The van der Waals surface area contributed by atoms with Gasteiger partial charge >= 0.3 is 5.97 Å². The van der Waals surface area contributed by atoms with E-state index < -0.39 is 5.97 Å². The molecule has 0 aliphatic carbocycles. The highest BCUT2D eigenvalue weighted by atomic mass is 79.9. The molecule has 0 atom stereocenters. The second-order valence-corrected chi connectivity index (χ2v) is 8.16. The number of hydrogen-bond donors (Lipinski definition) is 2. The molecule has 6 heteroatoms. The Hall–Kier alpha value is -2.31. The normalized spacial score (nSPS) is 10.5. The summed E-state index contributed by atoms with van der Waals surface area (Å²) in [6.45, 7) is 3.01. The molecule has 4 nitrogen and oxygen atoms in total. The summed E-state index contributed by atoms with van der Waals surface area (Å²) in [5.41, 5.74) is 4.24. The first-order valence-corrected chi connectivity index (χ1v) is 10.2. The van der Waals surface area contributed by atoms with Crippen molar-refractivity contribution in [2.24, 2.45) is 0 Å². The molecule has 0 aromatic heterocycles. The van der Waals surface area contributed by atoms with E-state index >= 15 is 0 Å². The molecule has 0 aliphatic rings. The second kappa shape index (κ2) is 9.26. The first-order valence-electron chi connectivity index (χ1n) is 8.66. The molecule has 0 bridgehead atoms. The van der Waals surface area contributed by atoms with Crippen molar-refractivity contribution in [1.29, 1.82) is 0 Å². The van der Waals surface area contributed by atoms with E-state index in [-0.39, 0.29) is 5.56 Å². The van der Waals surface area contributed by atoms with E-state index in [0.29, 0.717) is 13.2 Å². The molecule has 3 rings (SSSR count). The van der Waals surface area contributed by atoms with Crippen molar-refractivity contribution in [3.05, 3.63) is 91.9 Å². The molecule has 144 valence electrons. The number of ether oxygens (including phenoxy) is 1. The molecule has 0 saturated carbocycles. The van der Waals surface area contributed by atoms with Crippen LogP contribution < -0.4 is 10.1 Å². The molecular weight excluding hydrogens is 486 g/mol. The molecule has 0 fully saturated rings. The molecule has 2 N–H and O–H groups in total. The number of carboxylic acids is 1. The van der Waals surface area contributed by atoms with Gasteiger partial charge in [-0.05, 0) is 58.7 Å². The van der Waals surface area contributed by atoms with Crippen LogP contribution in [0.5, 0.6) is 5.75 Å². The monoisotopic (exact) mass is 503 g/mol. The molecule has 0 amide bonds. The van der Waals surface area contributed by atoms with Crippen molar-refractivity contribution in [1.82, 2.24) is 0 Å². The zero-order chi connectivity index (χ0) is 20.1. The van der Waals surface area contributed by atoms with Gasteiger partial charge in [0.25, 0.3) is 0 Å². The minimum absolute atomic E-state index is 0.247. The van der Waals surface area contributed by atoms with Gasteiger partial charge in [-0.3, -0.25) is 0 Å². The molecule has 0 heterocycles. The Bertz CT molecular complexity index is 988. The topological polar surface area (TPSA) is 58.6 Å². The maximum absolute atomic E-state index is 11.2. The highest BCUT2D eigenvalue weighted by Crippen LogP contribution is 2.34. The van der Waals surface area contributed by atoms with Gasteiger partial charge in [-0.2, -0.15) is 0 Å². The number of aryl methyl sites for hydroxylation is 1. The lowest BCUT2D eigenvalue weighted by molar-refractivity contribution is 0.0697. The van der Waals surface area contributed by atoms with Gasteiger partial charge in [0.15, 0.2) is 0 Å². The fraction of sp³-hybridized carbons (Fsp3) is 0.136. The van der Waals surface area contributed by atoms with Crippen molar-refractivity contribution in [2.45, 2.75) is 20.1 Å². The maximum Gasteiger partial charge on any atom is 0.335 e. The highest BCUT2D eigenvalue weighted by Gasteiger charge is 2.11. The molecule has 0 saturated heterocycles. The van der Waals surface area contributed by atoms with Crippen molar-refractivity contribution >= 4 is 43.5 Å². The smallest absolute Gasteiger partial charge is 0.335 e. The summed E-state index contributed by atoms with van der Waals surface area (Å²) in [5.74, 6) is -0.193. The van der Waals surface area contributed by atoms with Crippen LogP contribution in [0, 0.1) is 6.92 Å². The Morgan fingerprint density at radius 2 is 1.82 bits per heavy atom. The van der Waals surface area contributed by atoms with Gasteiger partial charge in [-0.15, -0.1) is 0 Å². The van der Waals surface area contributed by atoms with Crippen LogP contribution in [-0.4, -0.2) is 11.1 Å². The number of carbonyl (C=O) groups is 1. The summed E-state index contributed by atoms with van der Waals surface area (Å²) < 4.78 is 7.88. The third-order valence-corrected chi connectivity index (χ3v) is 5.23. The molecule has 28 heavy (non-hydrogen) atoms. The first-order chi connectivity index (χ1) is 13.4. The average molecular weight is 505 g/mol.